The normalized spacial score (nSPS) is 25.5. The van der Waals surface area contributed by atoms with Crippen LogP contribution in [0.1, 0.15) is 47.0 Å². The fraction of sp³-hybridized carbons (Fsp3) is 0.944. The smallest absolute Gasteiger partial charge is 0.150 e. The summed E-state index contributed by atoms with van der Waals surface area (Å²) in [7, 11) is 4.50. The van der Waals surface area contributed by atoms with E-state index in [9.17, 15) is 0 Å². The highest BCUT2D eigenvalue weighted by atomic mass is 16.5. The van der Waals surface area contributed by atoms with E-state index >= 15 is 0 Å². The minimum absolute atomic E-state index is 0.00273. The van der Waals surface area contributed by atoms with Gasteiger partial charge in [-0.25, -0.2) is 0 Å². The van der Waals surface area contributed by atoms with Crippen LogP contribution in [0.15, 0.2) is 0 Å². The lowest BCUT2D eigenvalue weighted by Gasteiger charge is -2.41. The molecule has 3 N–H and O–H groups in total. The second-order valence-corrected chi connectivity index (χ2v) is 7.94. The Labute approximate surface area is 137 Å². The van der Waals surface area contributed by atoms with Gasteiger partial charge in [0.25, 0.3) is 0 Å². The van der Waals surface area contributed by atoms with Crippen molar-refractivity contribution in [2.75, 3.05) is 53.4 Å². The summed E-state index contributed by atoms with van der Waals surface area (Å²) in [5, 5.41) is 0. The molecule has 4 heteroatoms. The van der Waals surface area contributed by atoms with Crippen molar-refractivity contribution >= 4 is 6.21 Å². The van der Waals surface area contributed by atoms with Crippen LogP contribution in [0.4, 0.5) is 0 Å². The molecule has 1 aliphatic rings. The molecule has 1 rings (SSSR count). The van der Waals surface area contributed by atoms with Crippen LogP contribution in [-0.4, -0.2) is 65.2 Å². The molecule has 1 aliphatic heterocycles. The summed E-state index contributed by atoms with van der Waals surface area (Å²) in [4.78, 5) is 6.85. The fourth-order valence-electron chi connectivity index (χ4n) is 3.88. The molecule has 130 valence electrons. The second-order valence-electron chi connectivity index (χ2n) is 7.94. The highest BCUT2D eigenvalue weighted by molar-refractivity contribution is 5.60. The highest BCUT2D eigenvalue weighted by Gasteiger charge is 2.44. The quantitative estimate of drug-likeness (QED) is 0.340. The molecule has 1 atom stereocenters. The van der Waals surface area contributed by atoms with Crippen LogP contribution in [-0.2, 0) is 4.74 Å². The van der Waals surface area contributed by atoms with Crippen molar-refractivity contribution in [2.24, 2.45) is 5.41 Å². The summed E-state index contributed by atoms with van der Waals surface area (Å²) in [5.41, 5.74) is 0.264. The van der Waals surface area contributed by atoms with Crippen molar-refractivity contribution in [3.63, 3.8) is 0 Å². The molecule has 1 heterocycles. The van der Waals surface area contributed by atoms with Crippen LogP contribution in [0.25, 0.3) is 0 Å². The molecule has 22 heavy (non-hydrogen) atoms. The van der Waals surface area contributed by atoms with E-state index in [1.165, 1.54) is 37.5 Å². The average Bonchev–Trinajstić information content (AvgIpc) is 2.41. The molecule has 0 unspecified atom stereocenters. The van der Waals surface area contributed by atoms with Gasteiger partial charge in [0, 0.05) is 6.61 Å². The van der Waals surface area contributed by atoms with Gasteiger partial charge in [0.2, 0.25) is 0 Å². The number of nitrogens with one attached hydrogen (secondary N) is 3. The lowest BCUT2D eigenvalue weighted by Crippen LogP contribution is -3.11. The van der Waals surface area contributed by atoms with E-state index in [1.807, 2.05) is 0 Å². The molecule has 1 fully saturated rings. The van der Waals surface area contributed by atoms with E-state index < -0.39 is 0 Å². The van der Waals surface area contributed by atoms with Crippen molar-refractivity contribution < 1.29 is 19.5 Å². The maximum atomic E-state index is 5.93. The van der Waals surface area contributed by atoms with Crippen LogP contribution in [0.5, 0.6) is 0 Å². The summed E-state index contributed by atoms with van der Waals surface area (Å²) in [6.45, 7) is 15.9. The molecular formula is C18H40N3O+3. The third kappa shape index (κ3) is 6.76. The zero-order chi connectivity index (χ0) is 16.6. The van der Waals surface area contributed by atoms with Gasteiger partial charge < -0.3 is 14.5 Å². The Bertz CT molecular complexity index is 337. The molecule has 4 nitrogen and oxygen atoms in total. The second kappa shape index (κ2) is 8.99. The lowest BCUT2D eigenvalue weighted by molar-refractivity contribution is -0.897. The van der Waals surface area contributed by atoms with Crippen LogP contribution in [0.2, 0.25) is 0 Å². The first-order chi connectivity index (χ1) is 10.3. The summed E-state index contributed by atoms with van der Waals surface area (Å²) in [6, 6.07) is 0. The van der Waals surface area contributed by atoms with Gasteiger partial charge in [-0.05, 0) is 40.5 Å². The van der Waals surface area contributed by atoms with Gasteiger partial charge in [0.15, 0.2) is 0 Å². The highest BCUT2D eigenvalue weighted by Crippen LogP contribution is 2.35. The van der Waals surface area contributed by atoms with Crippen molar-refractivity contribution in [1.29, 1.82) is 0 Å². The summed E-state index contributed by atoms with van der Waals surface area (Å²) < 4.78 is 5.93. The summed E-state index contributed by atoms with van der Waals surface area (Å²) in [6.07, 6.45) is 5.90. The van der Waals surface area contributed by atoms with Crippen molar-refractivity contribution in [2.45, 2.75) is 52.6 Å². The van der Waals surface area contributed by atoms with E-state index in [0.717, 1.165) is 26.0 Å². The largest absolute Gasteiger partial charge is 0.375 e. The molecule has 0 aliphatic carbocycles. The van der Waals surface area contributed by atoms with Gasteiger partial charge in [-0.1, -0.05) is 0 Å². The van der Waals surface area contributed by atoms with E-state index in [1.54, 1.807) is 4.90 Å². The van der Waals surface area contributed by atoms with Gasteiger partial charge in [-0.3, -0.25) is 4.99 Å². The minimum atomic E-state index is -0.00273. The topological polar surface area (TPSA) is 32.1 Å². The number of ether oxygens (including phenoxy) is 1. The first-order valence-corrected chi connectivity index (χ1v) is 9.17. The Morgan fingerprint density at radius 3 is 2.41 bits per heavy atom. The summed E-state index contributed by atoms with van der Waals surface area (Å²) >= 11 is 0. The predicted octanol–water partition coefficient (Wildman–Crippen LogP) is -1.83. The zero-order valence-electron chi connectivity index (χ0n) is 15.8. The number of quaternary nitrogens is 2. The van der Waals surface area contributed by atoms with Crippen molar-refractivity contribution in [3.05, 3.63) is 0 Å². The maximum absolute atomic E-state index is 5.93. The van der Waals surface area contributed by atoms with Crippen LogP contribution in [0, 0.1) is 5.41 Å². The van der Waals surface area contributed by atoms with Gasteiger partial charge in [-0.2, -0.15) is 0 Å². The lowest BCUT2D eigenvalue weighted by atomic mass is 9.74. The Morgan fingerprint density at radius 2 is 1.86 bits per heavy atom. The predicted molar refractivity (Wildman–Crippen MR) is 92.8 cm³/mol. The Hall–Kier alpha value is -0.450. The number of hydrogen-bond donors (Lipinski definition) is 3. The third-order valence-corrected chi connectivity index (χ3v) is 4.84. The Kier molecular flexibility index (Phi) is 8.01. The molecule has 0 aromatic carbocycles. The SMILES string of the molecule is CC[NH+](CC)CCC[NH+]=C[C@@]1(C[NH+](C)C)CCOC(C)(C)C1. The van der Waals surface area contributed by atoms with E-state index in [-0.39, 0.29) is 11.0 Å². The minimum Gasteiger partial charge on any atom is -0.375 e. The maximum Gasteiger partial charge on any atom is 0.150 e. The standard InChI is InChI=1S/C18H37N3O/c1-7-21(8-2)12-9-11-19-15-18(16-20(5)6)10-13-22-17(3,4)14-18/h15H,7-14,16H2,1-6H3/p+3/t18-/m1/s1. The molecule has 1 saturated heterocycles. The number of hydrogen-bond acceptors (Lipinski definition) is 1. The van der Waals surface area contributed by atoms with Gasteiger partial charge in [0.05, 0.1) is 52.3 Å². The zero-order valence-corrected chi connectivity index (χ0v) is 15.8. The first-order valence-electron chi connectivity index (χ1n) is 9.17. The molecule has 0 aromatic heterocycles. The molecule has 0 bridgehead atoms. The summed E-state index contributed by atoms with van der Waals surface area (Å²) in [5.74, 6) is 0. The van der Waals surface area contributed by atoms with Crippen molar-refractivity contribution in [1.82, 2.24) is 0 Å². The average molecular weight is 315 g/mol. The number of rotatable bonds is 9. The fourth-order valence-corrected chi connectivity index (χ4v) is 3.88. The van der Waals surface area contributed by atoms with Crippen LogP contribution < -0.4 is 14.8 Å². The molecule has 0 radical (unpaired) electrons. The van der Waals surface area contributed by atoms with E-state index in [0.29, 0.717) is 0 Å². The van der Waals surface area contributed by atoms with Gasteiger partial charge in [-0.15, -0.1) is 0 Å². The van der Waals surface area contributed by atoms with E-state index in [4.69, 9.17) is 4.74 Å². The van der Waals surface area contributed by atoms with Gasteiger partial charge in [0.1, 0.15) is 18.2 Å². The molecule has 0 aromatic rings. The van der Waals surface area contributed by atoms with Gasteiger partial charge >= 0.3 is 0 Å². The third-order valence-electron chi connectivity index (χ3n) is 4.84. The molecule has 0 spiro atoms. The Morgan fingerprint density at radius 1 is 1.18 bits per heavy atom. The molecular weight excluding hydrogens is 274 g/mol. The van der Waals surface area contributed by atoms with E-state index in [2.05, 4.69) is 53.0 Å². The van der Waals surface area contributed by atoms with Crippen molar-refractivity contribution in [3.8, 4) is 0 Å². The molecule has 0 saturated carbocycles. The molecule has 0 amide bonds. The Balaban J connectivity index is 2.56. The monoisotopic (exact) mass is 314 g/mol. The first kappa shape index (κ1) is 19.6. The van der Waals surface area contributed by atoms with Crippen LogP contribution in [0.3, 0.4) is 0 Å². The van der Waals surface area contributed by atoms with Crippen LogP contribution >= 0.6 is 0 Å².